The highest BCUT2D eigenvalue weighted by Crippen LogP contribution is 2.26. The summed E-state index contributed by atoms with van der Waals surface area (Å²) < 4.78 is 0.833. The van der Waals surface area contributed by atoms with E-state index in [2.05, 4.69) is 64.0 Å². The quantitative estimate of drug-likeness (QED) is 0.774. The van der Waals surface area contributed by atoms with Gasteiger partial charge in [-0.25, -0.2) is 9.97 Å². The van der Waals surface area contributed by atoms with Crippen molar-refractivity contribution < 1.29 is 0 Å². The molecule has 16 heavy (non-hydrogen) atoms. The molecule has 0 N–H and O–H groups in total. The van der Waals surface area contributed by atoms with E-state index in [9.17, 15) is 0 Å². The maximum absolute atomic E-state index is 4.12. The van der Waals surface area contributed by atoms with Crippen LogP contribution in [0.15, 0.2) is 41.4 Å². The number of aromatic nitrogens is 2. The van der Waals surface area contributed by atoms with Gasteiger partial charge in [0.15, 0.2) is 0 Å². The second-order valence-corrected chi connectivity index (χ2v) is 4.76. The summed E-state index contributed by atoms with van der Waals surface area (Å²) in [5.74, 6) is 0.560. The molecule has 0 saturated carbocycles. The Morgan fingerprint density at radius 3 is 2.38 bits per heavy atom. The van der Waals surface area contributed by atoms with E-state index in [1.54, 1.807) is 0 Å². The van der Waals surface area contributed by atoms with Gasteiger partial charge in [0.05, 0.1) is 0 Å². The Morgan fingerprint density at radius 1 is 1.12 bits per heavy atom. The molecule has 0 unspecified atom stereocenters. The normalized spacial score (nSPS) is 10.8. The number of benzene rings is 1. The van der Waals surface area contributed by atoms with Crippen LogP contribution < -0.4 is 0 Å². The molecule has 2 rings (SSSR count). The number of hydrogen-bond donors (Lipinski definition) is 0. The molecule has 0 saturated heterocycles. The molecule has 0 bridgehead atoms. The summed E-state index contributed by atoms with van der Waals surface area (Å²) in [6.45, 7) is 4.38. The Hall–Kier alpha value is -1.22. The second kappa shape index (κ2) is 4.74. The van der Waals surface area contributed by atoms with Crippen molar-refractivity contribution in [3.8, 4) is 11.1 Å². The molecule has 1 aromatic carbocycles. The van der Waals surface area contributed by atoms with Gasteiger partial charge >= 0.3 is 0 Å². The lowest BCUT2D eigenvalue weighted by atomic mass is 10.00. The van der Waals surface area contributed by atoms with E-state index >= 15 is 0 Å². The topological polar surface area (TPSA) is 25.8 Å². The highest BCUT2D eigenvalue weighted by atomic mass is 79.9. The van der Waals surface area contributed by atoms with Gasteiger partial charge in [-0.1, -0.05) is 38.1 Å². The van der Waals surface area contributed by atoms with E-state index < -0.39 is 0 Å². The monoisotopic (exact) mass is 276 g/mol. The Labute approximate surface area is 104 Å². The van der Waals surface area contributed by atoms with Crippen LogP contribution >= 0.6 is 15.9 Å². The Morgan fingerprint density at radius 2 is 1.81 bits per heavy atom. The standard InChI is InChI=1S/C13H13BrN2/c1-9(2)10-3-5-11(6-4-10)12-7-15-8-16-13(12)14/h3-9H,1-2H3. The van der Waals surface area contributed by atoms with Gasteiger partial charge in [-0.15, -0.1) is 0 Å². The van der Waals surface area contributed by atoms with Crippen LogP contribution in [0, 0.1) is 0 Å². The highest BCUT2D eigenvalue weighted by Gasteiger charge is 2.04. The third-order valence-electron chi connectivity index (χ3n) is 2.55. The lowest BCUT2D eigenvalue weighted by Gasteiger charge is -2.07. The van der Waals surface area contributed by atoms with Gasteiger partial charge in [0.25, 0.3) is 0 Å². The van der Waals surface area contributed by atoms with Gasteiger partial charge in [-0.2, -0.15) is 0 Å². The molecular formula is C13H13BrN2. The van der Waals surface area contributed by atoms with Crippen LogP contribution in [-0.2, 0) is 0 Å². The molecule has 0 fully saturated rings. The molecule has 82 valence electrons. The molecule has 0 aliphatic heterocycles. The van der Waals surface area contributed by atoms with E-state index in [1.165, 1.54) is 11.9 Å². The van der Waals surface area contributed by atoms with Crippen molar-refractivity contribution in [2.24, 2.45) is 0 Å². The average molecular weight is 277 g/mol. The van der Waals surface area contributed by atoms with Gasteiger partial charge in [0.2, 0.25) is 0 Å². The average Bonchev–Trinajstić information content (AvgIpc) is 2.30. The number of nitrogens with zero attached hydrogens (tertiary/aromatic N) is 2. The summed E-state index contributed by atoms with van der Waals surface area (Å²) in [7, 11) is 0. The first-order valence-corrected chi connectivity index (χ1v) is 6.03. The van der Waals surface area contributed by atoms with Crippen LogP contribution in [0.25, 0.3) is 11.1 Å². The van der Waals surface area contributed by atoms with Crippen LogP contribution in [0.5, 0.6) is 0 Å². The summed E-state index contributed by atoms with van der Waals surface area (Å²) in [5.41, 5.74) is 3.51. The molecule has 1 heterocycles. The maximum atomic E-state index is 4.12. The number of rotatable bonds is 2. The fraction of sp³-hybridized carbons (Fsp3) is 0.231. The largest absolute Gasteiger partial charge is 0.244 e. The summed E-state index contributed by atoms with van der Waals surface area (Å²) >= 11 is 3.43. The first-order chi connectivity index (χ1) is 7.68. The smallest absolute Gasteiger partial charge is 0.117 e. The minimum atomic E-state index is 0.560. The Balaban J connectivity index is 2.39. The lowest BCUT2D eigenvalue weighted by molar-refractivity contribution is 0.867. The predicted molar refractivity (Wildman–Crippen MR) is 69.3 cm³/mol. The zero-order chi connectivity index (χ0) is 11.5. The third-order valence-corrected chi connectivity index (χ3v) is 3.18. The fourth-order valence-corrected chi connectivity index (χ4v) is 1.98. The van der Waals surface area contributed by atoms with Crippen LogP contribution in [0.2, 0.25) is 0 Å². The van der Waals surface area contributed by atoms with Crippen molar-refractivity contribution in [2.45, 2.75) is 19.8 Å². The van der Waals surface area contributed by atoms with Gasteiger partial charge in [-0.3, -0.25) is 0 Å². The van der Waals surface area contributed by atoms with E-state index in [0.29, 0.717) is 5.92 Å². The van der Waals surface area contributed by atoms with E-state index in [-0.39, 0.29) is 0 Å². The maximum Gasteiger partial charge on any atom is 0.117 e. The van der Waals surface area contributed by atoms with Gasteiger partial charge in [-0.05, 0) is 33.0 Å². The van der Waals surface area contributed by atoms with Crippen molar-refractivity contribution >= 4 is 15.9 Å². The first-order valence-electron chi connectivity index (χ1n) is 5.24. The van der Waals surface area contributed by atoms with E-state index in [4.69, 9.17) is 0 Å². The molecule has 3 heteroatoms. The summed E-state index contributed by atoms with van der Waals surface area (Å²) in [5, 5.41) is 0. The van der Waals surface area contributed by atoms with Crippen molar-refractivity contribution in [3.05, 3.63) is 47.0 Å². The number of halogens is 1. The molecule has 0 amide bonds. The summed E-state index contributed by atoms with van der Waals surface area (Å²) in [6.07, 6.45) is 3.36. The molecular weight excluding hydrogens is 264 g/mol. The Kier molecular flexibility index (Phi) is 3.34. The molecule has 0 aliphatic rings. The Bertz CT molecular complexity index is 478. The zero-order valence-electron chi connectivity index (χ0n) is 9.31. The number of hydrogen-bond acceptors (Lipinski definition) is 2. The SMILES string of the molecule is CC(C)c1ccc(-c2cncnc2Br)cc1. The van der Waals surface area contributed by atoms with Crippen LogP contribution in [-0.4, -0.2) is 9.97 Å². The molecule has 0 aliphatic carbocycles. The van der Waals surface area contributed by atoms with E-state index in [1.807, 2.05) is 6.20 Å². The predicted octanol–water partition coefficient (Wildman–Crippen LogP) is 4.03. The lowest BCUT2D eigenvalue weighted by Crippen LogP contribution is -1.89. The molecule has 0 atom stereocenters. The van der Waals surface area contributed by atoms with Crippen molar-refractivity contribution in [3.63, 3.8) is 0 Å². The van der Waals surface area contributed by atoms with Crippen LogP contribution in [0.1, 0.15) is 25.3 Å². The van der Waals surface area contributed by atoms with Crippen LogP contribution in [0.4, 0.5) is 0 Å². The molecule has 2 aromatic rings. The minimum Gasteiger partial charge on any atom is -0.244 e. The van der Waals surface area contributed by atoms with Gasteiger partial charge in [0.1, 0.15) is 10.9 Å². The van der Waals surface area contributed by atoms with E-state index in [0.717, 1.165) is 15.7 Å². The molecule has 0 radical (unpaired) electrons. The second-order valence-electron chi connectivity index (χ2n) is 4.00. The summed E-state index contributed by atoms with van der Waals surface area (Å²) in [4.78, 5) is 8.16. The first kappa shape index (κ1) is 11.3. The highest BCUT2D eigenvalue weighted by molar-refractivity contribution is 9.10. The van der Waals surface area contributed by atoms with Crippen LogP contribution in [0.3, 0.4) is 0 Å². The fourth-order valence-electron chi connectivity index (χ4n) is 1.56. The zero-order valence-corrected chi connectivity index (χ0v) is 10.9. The van der Waals surface area contributed by atoms with Crippen molar-refractivity contribution in [1.82, 2.24) is 9.97 Å². The molecule has 2 nitrogen and oxygen atoms in total. The molecule has 0 spiro atoms. The van der Waals surface area contributed by atoms with Crippen molar-refractivity contribution in [2.75, 3.05) is 0 Å². The third kappa shape index (κ3) is 2.30. The molecule has 1 aromatic heterocycles. The van der Waals surface area contributed by atoms with Gasteiger partial charge < -0.3 is 0 Å². The minimum absolute atomic E-state index is 0.560. The van der Waals surface area contributed by atoms with Gasteiger partial charge in [0, 0.05) is 11.8 Å². The van der Waals surface area contributed by atoms with Crippen molar-refractivity contribution in [1.29, 1.82) is 0 Å². The summed E-state index contributed by atoms with van der Waals surface area (Å²) in [6, 6.07) is 8.52.